The molecule has 2 saturated heterocycles. The van der Waals surface area contributed by atoms with E-state index in [4.69, 9.17) is 10.5 Å². The minimum Gasteiger partial charge on any atom is -0.379 e. The monoisotopic (exact) mass is 253 g/mol. The van der Waals surface area contributed by atoms with Gasteiger partial charge in [-0.3, -0.25) is 4.90 Å². The fourth-order valence-electron chi connectivity index (χ4n) is 3.77. The van der Waals surface area contributed by atoms with Crippen LogP contribution < -0.4 is 5.73 Å². The molecule has 2 N–H and O–H groups in total. The first kappa shape index (κ1) is 12.9. The average Bonchev–Trinajstić information content (AvgIpc) is 2.83. The number of hydrogen-bond donors (Lipinski definition) is 1. The van der Waals surface area contributed by atoms with E-state index in [1.54, 1.807) is 0 Å². The summed E-state index contributed by atoms with van der Waals surface area (Å²) < 4.78 is 5.44. The number of hydrogen-bond acceptors (Lipinski definition) is 4. The third-order valence-electron chi connectivity index (χ3n) is 5.22. The van der Waals surface area contributed by atoms with Crippen molar-refractivity contribution in [1.29, 1.82) is 0 Å². The molecule has 2 aliphatic heterocycles. The third-order valence-corrected chi connectivity index (χ3v) is 5.22. The molecule has 2 heterocycles. The maximum Gasteiger partial charge on any atom is 0.0594 e. The lowest BCUT2D eigenvalue weighted by atomic mass is 9.68. The summed E-state index contributed by atoms with van der Waals surface area (Å²) in [6.45, 7) is 8.73. The summed E-state index contributed by atoms with van der Waals surface area (Å²) in [6.07, 6.45) is 5.42. The molecule has 0 radical (unpaired) electrons. The minimum absolute atomic E-state index is 0.472. The maximum absolute atomic E-state index is 5.97. The van der Waals surface area contributed by atoms with Gasteiger partial charge in [-0.15, -0.1) is 0 Å². The van der Waals surface area contributed by atoms with Crippen LogP contribution in [-0.4, -0.2) is 68.3 Å². The van der Waals surface area contributed by atoms with Gasteiger partial charge in [0.1, 0.15) is 0 Å². The Labute approximate surface area is 110 Å². The van der Waals surface area contributed by atoms with Crippen molar-refractivity contribution in [2.75, 3.05) is 52.5 Å². The van der Waals surface area contributed by atoms with Crippen molar-refractivity contribution >= 4 is 0 Å². The number of rotatable bonds is 4. The lowest BCUT2D eigenvalue weighted by molar-refractivity contribution is 0.0160. The molecule has 4 nitrogen and oxygen atoms in total. The number of morpholine rings is 1. The van der Waals surface area contributed by atoms with Crippen LogP contribution in [-0.2, 0) is 4.74 Å². The Morgan fingerprint density at radius 1 is 1.17 bits per heavy atom. The smallest absolute Gasteiger partial charge is 0.0594 e. The molecular weight excluding hydrogens is 226 g/mol. The first-order chi connectivity index (χ1) is 8.81. The normalized spacial score (nSPS) is 33.5. The largest absolute Gasteiger partial charge is 0.379 e. The van der Waals surface area contributed by atoms with Gasteiger partial charge in [0.2, 0.25) is 0 Å². The Hall–Kier alpha value is -0.160. The molecule has 0 spiro atoms. The molecule has 1 aliphatic carbocycles. The van der Waals surface area contributed by atoms with Crippen LogP contribution in [0, 0.1) is 5.41 Å². The van der Waals surface area contributed by atoms with E-state index in [-0.39, 0.29) is 0 Å². The summed E-state index contributed by atoms with van der Waals surface area (Å²) >= 11 is 0. The minimum atomic E-state index is 0.472. The van der Waals surface area contributed by atoms with E-state index in [0.717, 1.165) is 38.9 Å². The van der Waals surface area contributed by atoms with Gasteiger partial charge in [0, 0.05) is 32.2 Å². The van der Waals surface area contributed by atoms with Crippen molar-refractivity contribution < 1.29 is 4.74 Å². The van der Waals surface area contributed by atoms with Gasteiger partial charge in [0.25, 0.3) is 0 Å². The van der Waals surface area contributed by atoms with Gasteiger partial charge in [-0.2, -0.15) is 0 Å². The third kappa shape index (κ3) is 2.57. The first-order valence-corrected chi connectivity index (χ1v) is 7.56. The molecule has 4 heteroatoms. The lowest BCUT2D eigenvalue weighted by Gasteiger charge is -2.43. The Balaban J connectivity index is 1.48. The molecule has 104 valence electrons. The van der Waals surface area contributed by atoms with Crippen LogP contribution in [0.15, 0.2) is 0 Å². The van der Waals surface area contributed by atoms with Gasteiger partial charge in [-0.05, 0) is 37.8 Å². The van der Waals surface area contributed by atoms with Crippen molar-refractivity contribution in [1.82, 2.24) is 9.80 Å². The highest BCUT2D eigenvalue weighted by Gasteiger charge is 2.39. The highest BCUT2D eigenvalue weighted by molar-refractivity contribution is 4.94. The Bertz CT molecular complexity index is 269. The molecule has 0 bridgehead atoms. The zero-order valence-electron chi connectivity index (χ0n) is 11.4. The number of ether oxygens (including phenoxy) is 1. The molecule has 0 aromatic heterocycles. The van der Waals surface area contributed by atoms with E-state index >= 15 is 0 Å². The van der Waals surface area contributed by atoms with Crippen LogP contribution in [0.2, 0.25) is 0 Å². The van der Waals surface area contributed by atoms with E-state index in [9.17, 15) is 0 Å². The van der Waals surface area contributed by atoms with Gasteiger partial charge in [0.15, 0.2) is 0 Å². The van der Waals surface area contributed by atoms with Crippen molar-refractivity contribution in [3.63, 3.8) is 0 Å². The molecule has 0 aromatic rings. The second-order valence-electron chi connectivity index (χ2n) is 6.38. The first-order valence-electron chi connectivity index (χ1n) is 7.56. The molecule has 0 amide bonds. The molecule has 0 aromatic carbocycles. The molecular formula is C14H27N3O. The second kappa shape index (κ2) is 5.45. The predicted octanol–water partition coefficient (Wildman–Crippen LogP) is 0.522. The second-order valence-corrected chi connectivity index (χ2v) is 6.38. The van der Waals surface area contributed by atoms with Crippen LogP contribution in [0.3, 0.4) is 0 Å². The van der Waals surface area contributed by atoms with E-state index in [1.807, 2.05) is 0 Å². The fraction of sp³-hybridized carbons (Fsp3) is 1.00. The Morgan fingerprint density at radius 3 is 2.56 bits per heavy atom. The van der Waals surface area contributed by atoms with E-state index in [0.29, 0.717) is 5.41 Å². The van der Waals surface area contributed by atoms with Crippen LogP contribution in [0.5, 0.6) is 0 Å². The molecule has 3 rings (SSSR count). The summed E-state index contributed by atoms with van der Waals surface area (Å²) in [4.78, 5) is 5.28. The van der Waals surface area contributed by atoms with Gasteiger partial charge in [0.05, 0.1) is 13.2 Å². The highest BCUT2D eigenvalue weighted by atomic mass is 16.5. The van der Waals surface area contributed by atoms with Gasteiger partial charge < -0.3 is 15.4 Å². The van der Waals surface area contributed by atoms with Crippen molar-refractivity contribution in [3.05, 3.63) is 0 Å². The molecule has 18 heavy (non-hydrogen) atoms. The standard InChI is InChI=1S/C14H27N3O/c15-11-14(3-1-4-14)12-16-5-2-13(10-16)17-6-8-18-9-7-17/h13H,1-12,15H2. The fourth-order valence-corrected chi connectivity index (χ4v) is 3.77. The molecule has 1 unspecified atom stereocenters. The topological polar surface area (TPSA) is 41.7 Å². The van der Waals surface area contributed by atoms with E-state index in [1.165, 1.54) is 45.3 Å². The predicted molar refractivity (Wildman–Crippen MR) is 72.6 cm³/mol. The van der Waals surface area contributed by atoms with Gasteiger partial charge in [-0.25, -0.2) is 0 Å². The lowest BCUT2D eigenvalue weighted by Crippen LogP contribution is -2.48. The average molecular weight is 253 g/mol. The van der Waals surface area contributed by atoms with Crippen molar-refractivity contribution in [3.8, 4) is 0 Å². The zero-order valence-corrected chi connectivity index (χ0v) is 11.4. The van der Waals surface area contributed by atoms with Crippen molar-refractivity contribution in [2.45, 2.75) is 31.7 Å². The highest BCUT2D eigenvalue weighted by Crippen LogP contribution is 2.41. The van der Waals surface area contributed by atoms with Gasteiger partial charge in [-0.1, -0.05) is 6.42 Å². The van der Waals surface area contributed by atoms with Gasteiger partial charge >= 0.3 is 0 Å². The molecule has 1 saturated carbocycles. The summed E-state index contributed by atoms with van der Waals surface area (Å²) in [5.74, 6) is 0. The van der Waals surface area contributed by atoms with Crippen LogP contribution in [0.4, 0.5) is 0 Å². The van der Waals surface area contributed by atoms with E-state index < -0.39 is 0 Å². The summed E-state index contributed by atoms with van der Waals surface area (Å²) in [5, 5.41) is 0. The van der Waals surface area contributed by atoms with Crippen LogP contribution in [0.25, 0.3) is 0 Å². The zero-order chi connectivity index (χ0) is 12.4. The summed E-state index contributed by atoms with van der Waals surface area (Å²) in [5.41, 5.74) is 6.44. The molecule has 1 atom stereocenters. The number of nitrogens with two attached hydrogens (primary N) is 1. The number of nitrogens with zero attached hydrogens (tertiary/aromatic N) is 2. The number of likely N-dealkylation sites (tertiary alicyclic amines) is 1. The maximum atomic E-state index is 5.97. The SMILES string of the molecule is NCC1(CN2CCC(N3CCOCC3)C2)CCC1. The molecule has 3 fully saturated rings. The Kier molecular flexibility index (Phi) is 3.89. The van der Waals surface area contributed by atoms with E-state index in [2.05, 4.69) is 9.80 Å². The van der Waals surface area contributed by atoms with Crippen molar-refractivity contribution in [2.24, 2.45) is 11.1 Å². The van der Waals surface area contributed by atoms with Crippen LogP contribution >= 0.6 is 0 Å². The Morgan fingerprint density at radius 2 is 1.94 bits per heavy atom. The summed E-state index contributed by atoms with van der Waals surface area (Å²) in [6, 6.07) is 0.767. The molecule has 3 aliphatic rings. The quantitative estimate of drug-likeness (QED) is 0.793. The summed E-state index contributed by atoms with van der Waals surface area (Å²) in [7, 11) is 0. The van der Waals surface area contributed by atoms with Crippen LogP contribution in [0.1, 0.15) is 25.7 Å².